The fourth-order valence-electron chi connectivity index (χ4n) is 2.68. The molecule has 0 aromatic rings. The summed E-state index contributed by atoms with van der Waals surface area (Å²) >= 11 is 0.933. The number of hydrogen-bond donors (Lipinski definition) is 7. The predicted octanol–water partition coefficient (Wildman–Crippen LogP) is -2.03. The molecule has 0 aliphatic rings. The lowest BCUT2D eigenvalue weighted by atomic mass is 9.87. The monoisotopic (exact) mass is 564 g/mol. The van der Waals surface area contributed by atoms with Crippen molar-refractivity contribution < 1.29 is 53.6 Å². The Morgan fingerprint density at radius 2 is 1.61 bits per heavy atom. The standard InChI is InChI=1S/C22H36N4O11S/c1-12(27)26-14(21(35)36)10-16(29)37-11-22(2,3)18(31)19(32)25-7-6-15(28)24-8-9-38-17(30)5-4-13(23)20(33)34/h13-14,18,31H,4-11,23H2,1-3H3,(H,24,28)(H,25,32)(H,26,27)(H,33,34)(H,35,36)/t13-,14-,18-/m0/s1. The van der Waals surface area contributed by atoms with Gasteiger partial charge in [-0.3, -0.25) is 28.8 Å². The number of nitrogens with one attached hydrogen (secondary N) is 3. The number of carbonyl (C=O) groups is 7. The second kappa shape index (κ2) is 17.3. The minimum absolute atomic E-state index is 0.00405. The summed E-state index contributed by atoms with van der Waals surface area (Å²) in [4.78, 5) is 80.5. The van der Waals surface area contributed by atoms with Crippen LogP contribution in [-0.2, 0) is 38.3 Å². The van der Waals surface area contributed by atoms with Crippen molar-refractivity contribution in [2.45, 2.75) is 64.6 Å². The number of thioether (sulfide) groups is 1. The van der Waals surface area contributed by atoms with E-state index in [1.54, 1.807) is 0 Å². The van der Waals surface area contributed by atoms with Gasteiger partial charge in [0.05, 0.1) is 13.0 Å². The summed E-state index contributed by atoms with van der Waals surface area (Å²) in [5.41, 5.74) is 4.06. The third-order valence-electron chi connectivity index (χ3n) is 4.96. The molecule has 0 spiro atoms. The highest BCUT2D eigenvalue weighted by Gasteiger charge is 2.35. The fourth-order valence-corrected chi connectivity index (χ4v) is 3.37. The highest BCUT2D eigenvalue weighted by atomic mass is 32.2. The van der Waals surface area contributed by atoms with Gasteiger partial charge in [0.1, 0.15) is 18.2 Å². The van der Waals surface area contributed by atoms with Crippen LogP contribution in [0.1, 0.15) is 46.5 Å². The van der Waals surface area contributed by atoms with Crippen LogP contribution in [0.3, 0.4) is 0 Å². The van der Waals surface area contributed by atoms with Crippen LogP contribution in [0.2, 0.25) is 0 Å². The Balaban J connectivity index is 4.30. The van der Waals surface area contributed by atoms with Gasteiger partial charge in [0.15, 0.2) is 5.12 Å². The van der Waals surface area contributed by atoms with Crippen molar-refractivity contribution in [1.82, 2.24) is 16.0 Å². The molecule has 0 radical (unpaired) electrons. The van der Waals surface area contributed by atoms with Gasteiger partial charge in [-0.15, -0.1) is 0 Å². The summed E-state index contributed by atoms with van der Waals surface area (Å²) < 4.78 is 4.98. The van der Waals surface area contributed by atoms with Crippen LogP contribution >= 0.6 is 11.8 Å². The van der Waals surface area contributed by atoms with E-state index in [1.165, 1.54) is 13.8 Å². The number of aliphatic hydroxyl groups excluding tert-OH is 1. The number of carboxylic acid groups (broad SMARTS) is 2. The Labute approximate surface area is 223 Å². The molecular formula is C22H36N4O11S. The normalized spacial score (nSPS) is 13.4. The Bertz CT molecular complexity index is 881. The van der Waals surface area contributed by atoms with E-state index < -0.39 is 72.3 Å². The van der Waals surface area contributed by atoms with Gasteiger partial charge in [0.2, 0.25) is 17.7 Å². The number of rotatable bonds is 18. The Hall–Kier alpha value is -3.24. The van der Waals surface area contributed by atoms with Crippen LogP contribution in [0.4, 0.5) is 0 Å². The zero-order chi connectivity index (χ0) is 29.5. The maximum absolute atomic E-state index is 12.2. The molecule has 216 valence electrons. The number of ether oxygens (including phenoxy) is 1. The van der Waals surface area contributed by atoms with Crippen molar-refractivity contribution in [3.8, 4) is 0 Å². The molecular weight excluding hydrogens is 528 g/mol. The van der Waals surface area contributed by atoms with Gasteiger partial charge >= 0.3 is 17.9 Å². The quantitative estimate of drug-likeness (QED) is 0.0701. The lowest BCUT2D eigenvalue weighted by Gasteiger charge is -2.29. The van der Waals surface area contributed by atoms with Gasteiger partial charge in [0.25, 0.3) is 0 Å². The van der Waals surface area contributed by atoms with Gasteiger partial charge < -0.3 is 41.7 Å². The van der Waals surface area contributed by atoms with Crippen molar-refractivity contribution in [2.24, 2.45) is 11.1 Å². The molecule has 8 N–H and O–H groups in total. The van der Waals surface area contributed by atoms with Crippen molar-refractivity contribution in [3.63, 3.8) is 0 Å². The summed E-state index contributed by atoms with van der Waals surface area (Å²) in [5.74, 6) is -5.17. The summed E-state index contributed by atoms with van der Waals surface area (Å²) in [6.07, 6.45) is -2.37. The number of amides is 3. The highest BCUT2D eigenvalue weighted by molar-refractivity contribution is 8.13. The lowest BCUT2D eigenvalue weighted by molar-refractivity contribution is -0.156. The number of esters is 1. The van der Waals surface area contributed by atoms with Crippen molar-refractivity contribution in [1.29, 1.82) is 0 Å². The van der Waals surface area contributed by atoms with Crippen LogP contribution < -0.4 is 21.7 Å². The number of carboxylic acids is 2. The number of aliphatic hydroxyl groups is 1. The zero-order valence-electron chi connectivity index (χ0n) is 21.5. The first-order chi connectivity index (χ1) is 17.6. The Morgan fingerprint density at radius 1 is 0.974 bits per heavy atom. The third-order valence-corrected chi connectivity index (χ3v) is 5.89. The topological polar surface area (TPSA) is 252 Å². The maximum Gasteiger partial charge on any atom is 0.326 e. The summed E-state index contributed by atoms with van der Waals surface area (Å²) in [6, 6.07) is -2.59. The first-order valence-electron chi connectivity index (χ1n) is 11.6. The van der Waals surface area contributed by atoms with Gasteiger partial charge in [-0.1, -0.05) is 25.6 Å². The lowest BCUT2D eigenvalue weighted by Crippen LogP contribution is -2.47. The molecule has 38 heavy (non-hydrogen) atoms. The highest BCUT2D eigenvalue weighted by Crippen LogP contribution is 2.22. The number of carbonyl (C=O) groups excluding carboxylic acids is 5. The average molecular weight is 565 g/mol. The van der Waals surface area contributed by atoms with E-state index in [0.717, 1.165) is 18.7 Å². The first kappa shape index (κ1) is 34.8. The molecule has 0 heterocycles. The molecule has 15 nitrogen and oxygen atoms in total. The molecule has 0 fully saturated rings. The van der Waals surface area contributed by atoms with Crippen LogP contribution in [-0.4, -0.2) is 99.7 Å². The van der Waals surface area contributed by atoms with Gasteiger partial charge in [-0.2, -0.15) is 0 Å². The van der Waals surface area contributed by atoms with Crippen LogP contribution in [0.15, 0.2) is 0 Å². The molecule has 3 amide bonds. The SMILES string of the molecule is CC(=O)N[C@@H](CC(=O)OCC(C)(C)[C@@H](O)C(=O)NCCC(=O)NCCSC(=O)CC[C@H](N)C(=O)O)C(=O)O. The molecule has 0 aromatic heterocycles. The molecule has 16 heteroatoms. The van der Waals surface area contributed by atoms with Crippen LogP contribution in [0.5, 0.6) is 0 Å². The Kier molecular flexibility index (Phi) is 15.8. The van der Waals surface area contributed by atoms with E-state index in [-0.39, 0.29) is 43.2 Å². The minimum atomic E-state index is -1.62. The van der Waals surface area contributed by atoms with Crippen molar-refractivity contribution >= 4 is 52.5 Å². The number of aliphatic carboxylic acids is 2. The number of nitrogens with two attached hydrogens (primary N) is 1. The largest absolute Gasteiger partial charge is 0.480 e. The summed E-state index contributed by atoms with van der Waals surface area (Å²) in [6.45, 7) is 3.61. The second-order valence-electron chi connectivity index (χ2n) is 8.94. The van der Waals surface area contributed by atoms with E-state index in [2.05, 4.69) is 16.0 Å². The van der Waals surface area contributed by atoms with Crippen molar-refractivity contribution in [3.05, 3.63) is 0 Å². The molecule has 0 aliphatic carbocycles. The molecule has 0 aromatic carbocycles. The minimum Gasteiger partial charge on any atom is -0.480 e. The number of hydrogen-bond acceptors (Lipinski definition) is 11. The van der Waals surface area contributed by atoms with Gasteiger partial charge in [0, 0.05) is 44.0 Å². The van der Waals surface area contributed by atoms with E-state index in [4.69, 9.17) is 20.7 Å². The maximum atomic E-state index is 12.2. The van der Waals surface area contributed by atoms with E-state index in [9.17, 15) is 38.7 Å². The van der Waals surface area contributed by atoms with Gasteiger partial charge in [-0.25, -0.2) is 4.79 Å². The summed E-state index contributed by atoms with van der Waals surface area (Å²) in [7, 11) is 0. The fraction of sp³-hybridized carbons (Fsp3) is 0.682. The molecule has 0 saturated carbocycles. The molecule has 0 rings (SSSR count). The van der Waals surface area contributed by atoms with Gasteiger partial charge in [-0.05, 0) is 6.42 Å². The summed E-state index contributed by atoms with van der Waals surface area (Å²) in [5, 5.41) is 34.8. The zero-order valence-corrected chi connectivity index (χ0v) is 22.3. The van der Waals surface area contributed by atoms with E-state index in [1.807, 2.05) is 0 Å². The van der Waals surface area contributed by atoms with Crippen LogP contribution in [0, 0.1) is 5.41 Å². The first-order valence-corrected chi connectivity index (χ1v) is 12.6. The smallest absolute Gasteiger partial charge is 0.326 e. The Morgan fingerprint density at radius 3 is 2.16 bits per heavy atom. The second-order valence-corrected chi connectivity index (χ2v) is 10.1. The van der Waals surface area contributed by atoms with Crippen molar-refractivity contribution in [2.75, 3.05) is 25.4 Å². The predicted molar refractivity (Wildman–Crippen MR) is 134 cm³/mol. The van der Waals surface area contributed by atoms with E-state index >= 15 is 0 Å². The molecule has 0 saturated heterocycles. The third kappa shape index (κ3) is 15.1. The van der Waals surface area contributed by atoms with Crippen LogP contribution in [0.25, 0.3) is 0 Å². The molecule has 3 atom stereocenters. The molecule has 0 bridgehead atoms. The molecule has 0 unspecified atom stereocenters. The molecule has 0 aliphatic heterocycles. The average Bonchev–Trinajstić information content (AvgIpc) is 2.82. The van der Waals surface area contributed by atoms with E-state index in [0.29, 0.717) is 0 Å².